The van der Waals surface area contributed by atoms with E-state index in [4.69, 9.17) is 17.0 Å². The van der Waals surface area contributed by atoms with Gasteiger partial charge in [0.05, 0.1) is 11.5 Å². The van der Waals surface area contributed by atoms with Crippen LogP contribution in [0.25, 0.3) is 6.08 Å². The summed E-state index contributed by atoms with van der Waals surface area (Å²) < 4.78 is 6.10. The highest BCUT2D eigenvalue weighted by Crippen LogP contribution is 2.32. The van der Waals surface area contributed by atoms with E-state index in [-0.39, 0.29) is 5.91 Å². The SMILES string of the molecule is CCCN1C(=O)/C(=C\c2cccc(OCC)c2)SC1=S. The number of hydrogen-bond acceptors (Lipinski definition) is 4. The highest BCUT2D eigenvalue weighted by atomic mass is 32.2. The molecule has 20 heavy (non-hydrogen) atoms. The van der Waals surface area contributed by atoms with Gasteiger partial charge in [-0.05, 0) is 37.1 Å². The lowest BCUT2D eigenvalue weighted by Crippen LogP contribution is -2.28. The van der Waals surface area contributed by atoms with Crippen molar-refractivity contribution in [3.05, 3.63) is 34.7 Å². The van der Waals surface area contributed by atoms with Gasteiger partial charge in [0.2, 0.25) is 0 Å². The van der Waals surface area contributed by atoms with Gasteiger partial charge in [-0.2, -0.15) is 0 Å². The maximum absolute atomic E-state index is 12.2. The van der Waals surface area contributed by atoms with E-state index in [1.807, 2.05) is 44.2 Å². The number of nitrogens with zero attached hydrogens (tertiary/aromatic N) is 1. The zero-order valence-electron chi connectivity index (χ0n) is 11.6. The van der Waals surface area contributed by atoms with Crippen LogP contribution < -0.4 is 4.74 Å². The Bertz CT molecular complexity index is 555. The zero-order valence-corrected chi connectivity index (χ0v) is 13.2. The molecule has 2 rings (SSSR count). The molecule has 1 aliphatic rings. The first kappa shape index (κ1) is 15.1. The van der Waals surface area contributed by atoms with E-state index in [0.29, 0.717) is 22.4 Å². The lowest BCUT2D eigenvalue weighted by molar-refractivity contribution is -0.122. The second kappa shape index (κ2) is 6.90. The van der Waals surface area contributed by atoms with Crippen LogP contribution in [0, 0.1) is 0 Å². The van der Waals surface area contributed by atoms with Gasteiger partial charge < -0.3 is 4.74 Å². The van der Waals surface area contributed by atoms with Crippen LogP contribution in [0.3, 0.4) is 0 Å². The van der Waals surface area contributed by atoms with E-state index in [2.05, 4.69) is 0 Å². The number of benzene rings is 1. The molecule has 0 aromatic heterocycles. The van der Waals surface area contributed by atoms with Crippen molar-refractivity contribution in [3.8, 4) is 5.75 Å². The van der Waals surface area contributed by atoms with Gasteiger partial charge >= 0.3 is 0 Å². The van der Waals surface area contributed by atoms with Crippen LogP contribution >= 0.6 is 24.0 Å². The molecule has 0 radical (unpaired) electrons. The quantitative estimate of drug-likeness (QED) is 0.613. The van der Waals surface area contributed by atoms with Crippen molar-refractivity contribution in [3.63, 3.8) is 0 Å². The normalized spacial score (nSPS) is 17.1. The maximum atomic E-state index is 12.2. The summed E-state index contributed by atoms with van der Waals surface area (Å²) in [5.74, 6) is 0.814. The van der Waals surface area contributed by atoms with Gasteiger partial charge in [0.1, 0.15) is 10.1 Å². The Kier molecular flexibility index (Phi) is 5.20. The molecule has 1 aromatic rings. The van der Waals surface area contributed by atoms with Crippen LogP contribution in [0.5, 0.6) is 5.75 Å². The molecule has 0 bridgehead atoms. The number of carbonyl (C=O) groups excluding carboxylic acids is 1. The molecule has 1 aromatic carbocycles. The summed E-state index contributed by atoms with van der Waals surface area (Å²) in [7, 11) is 0. The van der Waals surface area contributed by atoms with E-state index < -0.39 is 0 Å². The van der Waals surface area contributed by atoms with Gasteiger partial charge in [0, 0.05) is 6.54 Å². The second-order valence-corrected chi connectivity index (χ2v) is 6.01. The molecular formula is C15H17NO2S2. The molecule has 1 saturated heterocycles. The van der Waals surface area contributed by atoms with Crippen molar-refractivity contribution < 1.29 is 9.53 Å². The third-order valence-electron chi connectivity index (χ3n) is 2.79. The minimum atomic E-state index is 0.00339. The summed E-state index contributed by atoms with van der Waals surface area (Å²) in [6, 6.07) is 7.71. The Morgan fingerprint density at radius 1 is 1.40 bits per heavy atom. The average Bonchev–Trinajstić information content (AvgIpc) is 2.68. The maximum Gasteiger partial charge on any atom is 0.266 e. The number of thiocarbonyl (C=S) groups is 1. The summed E-state index contributed by atoms with van der Waals surface area (Å²) in [5.41, 5.74) is 0.952. The molecule has 5 heteroatoms. The van der Waals surface area contributed by atoms with Gasteiger partial charge in [0.25, 0.3) is 5.91 Å². The lowest BCUT2D eigenvalue weighted by atomic mass is 10.2. The topological polar surface area (TPSA) is 29.5 Å². The Labute approximate surface area is 129 Å². The number of rotatable bonds is 5. The van der Waals surface area contributed by atoms with Crippen molar-refractivity contribution >= 4 is 40.3 Å². The summed E-state index contributed by atoms with van der Waals surface area (Å²) >= 11 is 6.61. The van der Waals surface area contributed by atoms with Crippen molar-refractivity contribution in [1.29, 1.82) is 0 Å². The standard InChI is InChI=1S/C15H17NO2S2/c1-3-8-16-14(17)13(20-15(16)19)10-11-6-5-7-12(9-11)18-4-2/h5-7,9-10H,3-4,8H2,1-2H3/b13-10+. The summed E-state index contributed by atoms with van der Waals surface area (Å²) in [5, 5.41) is 0. The van der Waals surface area contributed by atoms with Crippen LogP contribution in [0.15, 0.2) is 29.2 Å². The van der Waals surface area contributed by atoms with Crippen LogP contribution in [0.1, 0.15) is 25.8 Å². The Morgan fingerprint density at radius 2 is 2.20 bits per heavy atom. The van der Waals surface area contributed by atoms with Crippen LogP contribution in [-0.2, 0) is 4.79 Å². The largest absolute Gasteiger partial charge is 0.494 e. The molecule has 106 valence electrons. The molecule has 0 atom stereocenters. The monoisotopic (exact) mass is 307 g/mol. The molecule has 1 heterocycles. The van der Waals surface area contributed by atoms with Crippen LogP contribution in [0.2, 0.25) is 0 Å². The number of carbonyl (C=O) groups is 1. The highest BCUT2D eigenvalue weighted by Gasteiger charge is 2.31. The molecule has 0 saturated carbocycles. The minimum absolute atomic E-state index is 0.00339. The molecule has 1 aliphatic heterocycles. The van der Waals surface area contributed by atoms with E-state index in [9.17, 15) is 4.79 Å². The molecule has 0 aliphatic carbocycles. The summed E-state index contributed by atoms with van der Waals surface area (Å²) in [4.78, 5) is 14.6. The highest BCUT2D eigenvalue weighted by molar-refractivity contribution is 8.26. The van der Waals surface area contributed by atoms with E-state index >= 15 is 0 Å². The summed E-state index contributed by atoms with van der Waals surface area (Å²) in [6.45, 7) is 5.29. The van der Waals surface area contributed by atoms with Crippen molar-refractivity contribution in [2.24, 2.45) is 0 Å². The third kappa shape index (κ3) is 3.41. The molecular weight excluding hydrogens is 290 g/mol. The first-order valence-corrected chi connectivity index (χ1v) is 7.86. The Hall–Kier alpha value is -1.33. The minimum Gasteiger partial charge on any atom is -0.494 e. The molecule has 1 amide bonds. The molecule has 1 fully saturated rings. The molecule has 3 nitrogen and oxygen atoms in total. The predicted octanol–water partition coefficient (Wildman–Crippen LogP) is 3.70. The predicted molar refractivity (Wildman–Crippen MR) is 87.8 cm³/mol. The fourth-order valence-corrected chi connectivity index (χ4v) is 3.24. The van der Waals surface area contributed by atoms with Crippen molar-refractivity contribution in [2.45, 2.75) is 20.3 Å². The first-order valence-electron chi connectivity index (χ1n) is 6.64. The van der Waals surface area contributed by atoms with E-state index in [1.54, 1.807) is 4.90 Å². The number of thioether (sulfide) groups is 1. The molecule has 0 N–H and O–H groups in total. The van der Waals surface area contributed by atoms with Crippen molar-refractivity contribution in [1.82, 2.24) is 4.90 Å². The average molecular weight is 307 g/mol. The Balaban J connectivity index is 2.21. The van der Waals surface area contributed by atoms with Gasteiger partial charge in [-0.1, -0.05) is 43.0 Å². The van der Waals surface area contributed by atoms with E-state index in [1.165, 1.54) is 11.8 Å². The van der Waals surface area contributed by atoms with Crippen LogP contribution in [0.4, 0.5) is 0 Å². The number of amides is 1. The Morgan fingerprint density at radius 3 is 2.90 bits per heavy atom. The second-order valence-electron chi connectivity index (χ2n) is 4.34. The van der Waals surface area contributed by atoms with Crippen molar-refractivity contribution in [2.75, 3.05) is 13.2 Å². The van der Waals surface area contributed by atoms with Gasteiger partial charge in [-0.15, -0.1) is 0 Å². The first-order chi connectivity index (χ1) is 9.65. The zero-order chi connectivity index (χ0) is 14.5. The fourth-order valence-electron chi connectivity index (χ4n) is 1.93. The number of ether oxygens (including phenoxy) is 1. The van der Waals surface area contributed by atoms with Gasteiger partial charge in [-0.25, -0.2) is 0 Å². The molecule has 0 spiro atoms. The molecule has 0 unspecified atom stereocenters. The van der Waals surface area contributed by atoms with Gasteiger partial charge in [0.15, 0.2) is 0 Å². The smallest absolute Gasteiger partial charge is 0.266 e. The fraction of sp³-hybridized carbons (Fsp3) is 0.333. The number of hydrogen-bond donors (Lipinski definition) is 0. The third-order valence-corrected chi connectivity index (χ3v) is 4.17. The van der Waals surface area contributed by atoms with Crippen LogP contribution in [-0.4, -0.2) is 28.3 Å². The lowest BCUT2D eigenvalue weighted by Gasteiger charge is -2.11. The summed E-state index contributed by atoms with van der Waals surface area (Å²) in [6.07, 6.45) is 2.77. The van der Waals surface area contributed by atoms with Gasteiger partial charge in [-0.3, -0.25) is 9.69 Å². The van der Waals surface area contributed by atoms with E-state index in [0.717, 1.165) is 17.7 Å².